The molecule has 0 bridgehead atoms. The highest BCUT2D eigenvalue weighted by Gasteiger charge is 2.43. The number of hydrogen-bond donors (Lipinski definition) is 1. The zero-order chi connectivity index (χ0) is 12.3. The number of hydrogen-bond acceptors (Lipinski definition) is 1. The molecule has 3 unspecified atom stereocenters. The Morgan fingerprint density at radius 1 is 1.41 bits per heavy atom. The summed E-state index contributed by atoms with van der Waals surface area (Å²) in [6.45, 7) is 9.41. The van der Waals surface area contributed by atoms with Crippen LogP contribution >= 0.6 is 0 Å². The Balaban J connectivity index is 1.97. The summed E-state index contributed by atoms with van der Waals surface area (Å²) in [6, 6.07) is 11.5. The Morgan fingerprint density at radius 3 is 2.71 bits per heavy atom. The molecular formula is C16H23N. The van der Waals surface area contributed by atoms with Crippen molar-refractivity contribution >= 4 is 0 Å². The molecule has 1 heteroatoms. The van der Waals surface area contributed by atoms with Crippen LogP contribution in [0.2, 0.25) is 0 Å². The molecule has 1 aromatic carbocycles. The normalized spacial score (nSPS) is 24.4. The summed E-state index contributed by atoms with van der Waals surface area (Å²) < 4.78 is 0. The van der Waals surface area contributed by atoms with Gasteiger partial charge in [-0.1, -0.05) is 42.8 Å². The van der Waals surface area contributed by atoms with Gasteiger partial charge in [-0.2, -0.15) is 0 Å². The van der Waals surface area contributed by atoms with E-state index in [0.29, 0.717) is 6.04 Å². The predicted molar refractivity (Wildman–Crippen MR) is 74.2 cm³/mol. The highest BCUT2D eigenvalue weighted by molar-refractivity contribution is 5.27. The van der Waals surface area contributed by atoms with Gasteiger partial charge in [0.2, 0.25) is 0 Å². The molecule has 0 spiro atoms. The fourth-order valence-electron chi connectivity index (χ4n) is 2.76. The van der Waals surface area contributed by atoms with Crippen molar-refractivity contribution in [3.63, 3.8) is 0 Å². The molecule has 1 fully saturated rings. The first kappa shape index (κ1) is 12.4. The summed E-state index contributed by atoms with van der Waals surface area (Å²) >= 11 is 0. The molecule has 0 radical (unpaired) electrons. The average Bonchev–Trinajstić information content (AvgIpc) is 3.09. The Kier molecular flexibility index (Phi) is 4.01. The van der Waals surface area contributed by atoms with Crippen LogP contribution in [0.3, 0.4) is 0 Å². The van der Waals surface area contributed by atoms with E-state index in [0.717, 1.165) is 24.8 Å². The molecule has 17 heavy (non-hydrogen) atoms. The molecule has 92 valence electrons. The van der Waals surface area contributed by atoms with Gasteiger partial charge in [0.1, 0.15) is 0 Å². The maximum atomic E-state index is 4.05. The van der Waals surface area contributed by atoms with E-state index in [9.17, 15) is 0 Å². The monoisotopic (exact) mass is 229 g/mol. The first-order valence-electron chi connectivity index (χ1n) is 6.65. The fraction of sp³-hybridized carbons (Fsp3) is 0.500. The third kappa shape index (κ3) is 3.19. The second kappa shape index (κ2) is 5.50. The lowest BCUT2D eigenvalue weighted by molar-refractivity contribution is 0.463. The van der Waals surface area contributed by atoms with Crippen molar-refractivity contribution in [2.45, 2.75) is 38.6 Å². The average molecular weight is 229 g/mol. The van der Waals surface area contributed by atoms with Gasteiger partial charge in [0.25, 0.3) is 0 Å². The summed E-state index contributed by atoms with van der Waals surface area (Å²) in [6.07, 6.45) is 2.44. The minimum atomic E-state index is 0.614. The topological polar surface area (TPSA) is 12.0 Å². The molecule has 1 aromatic rings. The second-order valence-corrected chi connectivity index (χ2v) is 5.24. The van der Waals surface area contributed by atoms with Crippen LogP contribution in [-0.4, -0.2) is 12.6 Å². The third-order valence-electron chi connectivity index (χ3n) is 3.62. The van der Waals surface area contributed by atoms with E-state index in [1.165, 1.54) is 17.6 Å². The molecule has 0 amide bonds. The molecule has 1 nitrogen and oxygen atoms in total. The highest BCUT2D eigenvalue weighted by Crippen LogP contribution is 2.50. The van der Waals surface area contributed by atoms with Gasteiger partial charge < -0.3 is 5.32 Å². The molecule has 3 atom stereocenters. The lowest BCUT2D eigenvalue weighted by Crippen LogP contribution is -2.31. The van der Waals surface area contributed by atoms with Crippen LogP contribution in [0.25, 0.3) is 0 Å². The number of benzene rings is 1. The second-order valence-electron chi connectivity index (χ2n) is 5.24. The molecular weight excluding hydrogens is 206 g/mol. The van der Waals surface area contributed by atoms with E-state index < -0.39 is 0 Å². The largest absolute Gasteiger partial charge is 0.314 e. The standard InChI is InChI=1S/C16H23N/c1-4-17-16(10-12(2)3)15-11-14(15)13-8-6-5-7-9-13/h5-9,14-17H,2,4,10-11H2,1,3H3. The molecule has 1 N–H and O–H groups in total. The van der Waals surface area contributed by atoms with Gasteiger partial charge in [-0.25, -0.2) is 0 Å². The van der Waals surface area contributed by atoms with Crippen LogP contribution in [-0.2, 0) is 0 Å². The SMILES string of the molecule is C=C(C)CC(NCC)C1CC1c1ccccc1. The third-order valence-corrected chi connectivity index (χ3v) is 3.62. The van der Waals surface area contributed by atoms with Gasteiger partial charge in [0.15, 0.2) is 0 Å². The van der Waals surface area contributed by atoms with Gasteiger partial charge in [0.05, 0.1) is 0 Å². The molecule has 1 aliphatic rings. The summed E-state index contributed by atoms with van der Waals surface area (Å²) in [5.41, 5.74) is 2.79. The molecule has 0 heterocycles. The Labute approximate surface area is 105 Å². The summed E-state index contributed by atoms with van der Waals surface area (Å²) in [7, 11) is 0. The van der Waals surface area contributed by atoms with E-state index in [2.05, 4.69) is 56.1 Å². The van der Waals surface area contributed by atoms with Gasteiger partial charge in [-0.3, -0.25) is 0 Å². The van der Waals surface area contributed by atoms with E-state index in [1.54, 1.807) is 0 Å². The molecule has 1 saturated carbocycles. The Bertz CT molecular complexity index is 368. The van der Waals surface area contributed by atoms with Crippen molar-refractivity contribution in [3.05, 3.63) is 48.0 Å². The van der Waals surface area contributed by atoms with Crippen LogP contribution in [0, 0.1) is 5.92 Å². The van der Waals surface area contributed by atoms with Gasteiger partial charge in [-0.05, 0) is 43.7 Å². The van der Waals surface area contributed by atoms with E-state index >= 15 is 0 Å². The molecule has 0 aliphatic heterocycles. The van der Waals surface area contributed by atoms with Crippen molar-refractivity contribution < 1.29 is 0 Å². The fourth-order valence-corrected chi connectivity index (χ4v) is 2.76. The number of nitrogens with one attached hydrogen (secondary N) is 1. The summed E-state index contributed by atoms with van der Waals surface area (Å²) in [5.74, 6) is 1.56. The van der Waals surface area contributed by atoms with Crippen molar-refractivity contribution in [2.24, 2.45) is 5.92 Å². The molecule has 0 saturated heterocycles. The minimum absolute atomic E-state index is 0.614. The van der Waals surface area contributed by atoms with Crippen molar-refractivity contribution in [2.75, 3.05) is 6.54 Å². The highest BCUT2D eigenvalue weighted by atomic mass is 14.9. The predicted octanol–water partition coefficient (Wildman–Crippen LogP) is 3.73. The van der Waals surface area contributed by atoms with E-state index in [-0.39, 0.29) is 0 Å². The van der Waals surface area contributed by atoms with Gasteiger partial charge in [0, 0.05) is 6.04 Å². The van der Waals surface area contributed by atoms with E-state index in [4.69, 9.17) is 0 Å². The Morgan fingerprint density at radius 2 is 2.12 bits per heavy atom. The van der Waals surface area contributed by atoms with Crippen LogP contribution in [0.15, 0.2) is 42.5 Å². The van der Waals surface area contributed by atoms with Crippen molar-refractivity contribution in [1.82, 2.24) is 5.32 Å². The minimum Gasteiger partial charge on any atom is -0.314 e. The lowest BCUT2D eigenvalue weighted by Gasteiger charge is -2.18. The van der Waals surface area contributed by atoms with Crippen LogP contribution < -0.4 is 5.32 Å². The summed E-state index contributed by atoms with van der Waals surface area (Å²) in [5, 5.41) is 3.61. The smallest absolute Gasteiger partial charge is 0.0138 e. The quantitative estimate of drug-likeness (QED) is 0.733. The van der Waals surface area contributed by atoms with Crippen molar-refractivity contribution in [1.29, 1.82) is 0 Å². The Hall–Kier alpha value is -1.08. The van der Waals surface area contributed by atoms with Crippen LogP contribution in [0.4, 0.5) is 0 Å². The summed E-state index contributed by atoms with van der Waals surface area (Å²) in [4.78, 5) is 0. The van der Waals surface area contributed by atoms with Crippen LogP contribution in [0.1, 0.15) is 38.2 Å². The van der Waals surface area contributed by atoms with Gasteiger partial charge >= 0.3 is 0 Å². The maximum absolute atomic E-state index is 4.05. The maximum Gasteiger partial charge on any atom is 0.0138 e. The van der Waals surface area contributed by atoms with Crippen LogP contribution in [0.5, 0.6) is 0 Å². The molecule has 0 aromatic heterocycles. The first-order chi connectivity index (χ1) is 8.22. The number of rotatable bonds is 6. The molecule has 2 rings (SSSR count). The lowest BCUT2D eigenvalue weighted by atomic mass is 10.00. The van der Waals surface area contributed by atoms with Crippen molar-refractivity contribution in [3.8, 4) is 0 Å². The van der Waals surface area contributed by atoms with Gasteiger partial charge in [-0.15, -0.1) is 6.58 Å². The van der Waals surface area contributed by atoms with E-state index in [1.807, 2.05) is 0 Å². The zero-order valence-corrected chi connectivity index (χ0v) is 10.9. The first-order valence-corrected chi connectivity index (χ1v) is 6.65. The zero-order valence-electron chi connectivity index (χ0n) is 10.9. The molecule has 1 aliphatic carbocycles.